The van der Waals surface area contributed by atoms with Gasteiger partial charge in [-0.2, -0.15) is 12.6 Å². The van der Waals surface area contributed by atoms with E-state index in [1.165, 1.54) is 7.05 Å². The highest BCUT2D eigenvalue weighted by Crippen LogP contribution is 2.42. The predicted octanol–water partition coefficient (Wildman–Crippen LogP) is 0.507. The van der Waals surface area contributed by atoms with Crippen molar-refractivity contribution in [2.24, 2.45) is 5.41 Å². The minimum absolute atomic E-state index is 0.0696. The molecule has 1 heterocycles. The van der Waals surface area contributed by atoms with Crippen LogP contribution in [0.25, 0.3) is 0 Å². The Bertz CT molecular complexity index is 360. The number of hydrogen-bond acceptors (Lipinski definition) is 4. The molecule has 1 saturated carbocycles. The van der Waals surface area contributed by atoms with E-state index in [4.69, 9.17) is 0 Å². The molecule has 0 spiro atoms. The lowest BCUT2D eigenvalue weighted by Crippen LogP contribution is -2.46. The predicted molar refractivity (Wildman–Crippen MR) is 60.0 cm³/mol. The lowest BCUT2D eigenvalue weighted by molar-refractivity contribution is -0.143. The summed E-state index contributed by atoms with van der Waals surface area (Å²) < 4.78 is 0. The van der Waals surface area contributed by atoms with E-state index in [9.17, 15) is 14.4 Å². The Balaban J connectivity index is 2.13. The molecule has 88 valence electrons. The van der Waals surface area contributed by atoms with Crippen LogP contribution in [0.3, 0.4) is 0 Å². The van der Waals surface area contributed by atoms with Crippen molar-refractivity contribution in [3.8, 4) is 0 Å². The van der Waals surface area contributed by atoms with E-state index in [1.54, 1.807) is 0 Å². The maximum absolute atomic E-state index is 11.6. The van der Waals surface area contributed by atoms with Gasteiger partial charge in [0.25, 0.3) is 0 Å². The van der Waals surface area contributed by atoms with Gasteiger partial charge in [-0.05, 0) is 24.0 Å². The van der Waals surface area contributed by atoms with Crippen molar-refractivity contribution in [2.75, 3.05) is 19.3 Å². The minimum atomic E-state index is -0.737. The number of carbonyl (C=O) groups is 3. The Morgan fingerprint density at radius 1 is 1.25 bits per heavy atom. The summed E-state index contributed by atoms with van der Waals surface area (Å²) in [6, 6.07) is -0.511. The summed E-state index contributed by atoms with van der Waals surface area (Å²) in [6.07, 6.45) is 3.03. The van der Waals surface area contributed by atoms with Gasteiger partial charge in [-0.15, -0.1) is 0 Å². The zero-order chi connectivity index (χ0) is 11.9. The van der Waals surface area contributed by atoms with Gasteiger partial charge in [-0.25, -0.2) is 4.79 Å². The molecule has 0 N–H and O–H groups in total. The highest BCUT2D eigenvalue weighted by atomic mass is 32.1. The fourth-order valence-electron chi connectivity index (χ4n) is 2.13. The van der Waals surface area contributed by atoms with E-state index >= 15 is 0 Å². The lowest BCUT2D eigenvalue weighted by atomic mass is 9.70. The fourth-order valence-corrected chi connectivity index (χ4v) is 2.55. The molecule has 1 aliphatic heterocycles. The number of carbonyl (C=O) groups excluding carboxylic acids is 3. The number of imide groups is 2. The molecule has 2 aliphatic rings. The van der Waals surface area contributed by atoms with E-state index in [1.807, 2.05) is 0 Å². The first kappa shape index (κ1) is 11.4. The molecule has 2 fully saturated rings. The molecule has 16 heavy (non-hydrogen) atoms. The molecule has 6 heteroatoms. The smallest absolute Gasteiger partial charge is 0.263 e. The van der Waals surface area contributed by atoms with Crippen molar-refractivity contribution in [1.82, 2.24) is 9.80 Å². The van der Waals surface area contributed by atoms with Crippen LogP contribution in [0.1, 0.15) is 19.3 Å². The van der Waals surface area contributed by atoms with Crippen molar-refractivity contribution in [3.05, 3.63) is 0 Å². The van der Waals surface area contributed by atoms with E-state index < -0.39 is 17.8 Å². The first-order valence-corrected chi connectivity index (χ1v) is 5.88. The summed E-state index contributed by atoms with van der Waals surface area (Å²) in [6.45, 7) is 0.324. The van der Waals surface area contributed by atoms with Crippen LogP contribution in [-0.4, -0.2) is 47.0 Å². The summed E-state index contributed by atoms with van der Waals surface area (Å²) in [5, 5.41) is 0. The molecule has 1 saturated heterocycles. The first-order valence-electron chi connectivity index (χ1n) is 5.25. The average molecular weight is 242 g/mol. The highest BCUT2D eigenvalue weighted by molar-refractivity contribution is 7.80. The third-order valence-corrected chi connectivity index (χ3v) is 4.16. The van der Waals surface area contributed by atoms with Crippen LogP contribution in [0.4, 0.5) is 4.79 Å². The molecular weight excluding hydrogens is 228 g/mol. The van der Waals surface area contributed by atoms with Gasteiger partial charge in [0.15, 0.2) is 0 Å². The second-order valence-corrected chi connectivity index (χ2v) is 4.87. The number of thiol groups is 1. The van der Waals surface area contributed by atoms with Gasteiger partial charge in [0.05, 0.1) is 0 Å². The van der Waals surface area contributed by atoms with Crippen LogP contribution in [0.15, 0.2) is 0 Å². The molecule has 5 nitrogen and oxygen atoms in total. The summed E-state index contributed by atoms with van der Waals surface area (Å²) in [5.41, 5.74) is -0.0696. The largest absolute Gasteiger partial charge is 0.333 e. The van der Waals surface area contributed by atoms with E-state index in [0.717, 1.165) is 29.1 Å². The number of rotatable bonds is 3. The van der Waals surface area contributed by atoms with Gasteiger partial charge in [-0.3, -0.25) is 19.4 Å². The number of hydrogen-bond donors (Lipinski definition) is 1. The number of likely N-dealkylation sites (N-methyl/N-ethyl adjacent to an activating group) is 1. The van der Waals surface area contributed by atoms with Gasteiger partial charge in [-0.1, -0.05) is 6.42 Å². The Kier molecular flexibility index (Phi) is 2.69. The lowest BCUT2D eigenvalue weighted by Gasteiger charge is -2.42. The summed E-state index contributed by atoms with van der Waals surface area (Å²) in [5.74, 6) is -0.804. The quantitative estimate of drug-likeness (QED) is 0.445. The van der Waals surface area contributed by atoms with Gasteiger partial charge in [0.2, 0.25) is 0 Å². The third kappa shape index (κ3) is 1.52. The zero-order valence-electron chi connectivity index (χ0n) is 9.10. The standard InChI is InChI=1S/C10H14N2O3S/c1-11-7(13)8(14)12(9(11)15)5-10(6-16)3-2-4-10/h16H,2-6H2,1H3. The van der Waals surface area contributed by atoms with Crippen molar-refractivity contribution >= 4 is 30.5 Å². The molecule has 0 radical (unpaired) electrons. The summed E-state index contributed by atoms with van der Waals surface area (Å²) >= 11 is 4.26. The maximum Gasteiger partial charge on any atom is 0.333 e. The maximum atomic E-state index is 11.6. The van der Waals surface area contributed by atoms with Gasteiger partial charge in [0, 0.05) is 13.6 Å². The second kappa shape index (κ2) is 3.76. The molecule has 0 bridgehead atoms. The molecule has 0 aromatic rings. The molecule has 2 rings (SSSR count). The minimum Gasteiger partial charge on any atom is -0.263 e. The Labute approximate surface area is 99.2 Å². The van der Waals surface area contributed by atoms with Crippen molar-refractivity contribution in [1.29, 1.82) is 0 Å². The molecule has 0 aromatic carbocycles. The van der Waals surface area contributed by atoms with Crippen LogP contribution in [0.2, 0.25) is 0 Å². The summed E-state index contributed by atoms with van der Waals surface area (Å²) in [7, 11) is 1.33. The van der Waals surface area contributed by atoms with Crippen LogP contribution >= 0.6 is 12.6 Å². The van der Waals surface area contributed by atoms with Crippen molar-refractivity contribution < 1.29 is 14.4 Å². The Morgan fingerprint density at radius 3 is 2.19 bits per heavy atom. The fraction of sp³-hybridized carbons (Fsp3) is 0.700. The Hall–Kier alpha value is -1.04. The first-order chi connectivity index (χ1) is 7.51. The SMILES string of the molecule is CN1C(=O)C(=O)N(CC2(CS)CCC2)C1=O. The van der Waals surface area contributed by atoms with E-state index in [0.29, 0.717) is 12.3 Å². The van der Waals surface area contributed by atoms with Crippen LogP contribution in [0.5, 0.6) is 0 Å². The normalized spacial score (nSPS) is 24.0. The van der Waals surface area contributed by atoms with Gasteiger partial charge < -0.3 is 0 Å². The van der Waals surface area contributed by atoms with Crippen LogP contribution in [0, 0.1) is 5.41 Å². The molecule has 4 amide bonds. The molecule has 0 atom stereocenters. The molecule has 0 aromatic heterocycles. The number of urea groups is 1. The summed E-state index contributed by atoms with van der Waals surface area (Å²) in [4.78, 5) is 36.4. The molecular formula is C10H14N2O3S. The van der Waals surface area contributed by atoms with E-state index in [2.05, 4.69) is 12.6 Å². The third-order valence-electron chi connectivity index (χ3n) is 3.49. The van der Waals surface area contributed by atoms with Crippen LogP contribution < -0.4 is 0 Å². The second-order valence-electron chi connectivity index (χ2n) is 4.55. The monoisotopic (exact) mass is 242 g/mol. The van der Waals surface area contributed by atoms with Gasteiger partial charge in [0.1, 0.15) is 0 Å². The number of amides is 4. The van der Waals surface area contributed by atoms with Crippen molar-refractivity contribution in [2.45, 2.75) is 19.3 Å². The molecule has 0 unspecified atom stereocenters. The highest BCUT2D eigenvalue weighted by Gasteiger charge is 2.47. The topological polar surface area (TPSA) is 57.7 Å². The zero-order valence-corrected chi connectivity index (χ0v) is 10.00. The van der Waals surface area contributed by atoms with Crippen molar-refractivity contribution in [3.63, 3.8) is 0 Å². The average Bonchev–Trinajstić information content (AvgIpc) is 2.40. The molecule has 1 aliphatic carbocycles. The van der Waals surface area contributed by atoms with Gasteiger partial charge >= 0.3 is 17.8 Å². The Morgan fingerprint density at radius 2 is 1.88 bits per heavy atom. The number of nitrogens with zero attached hydrogens (tertiary/aromatic N) is 2. The van der Waals surface area contributed by atoms with E-state index in [-0.39, 0.29) is 5.41 Å². The van der Waals surface area contributed by atoms with Crippen LogP contribution in [-0.2, 0) is 9.59 Å².